The van der Waals surface area contributed by atoms with E-state index in [9.17, 15) is 9.59 Å². The summed E-state index contributed by atoms with van der Waals surface area (Å²) in [6.45, 7) is 3.06. The van der Waals surface area contributed by atoms with Crippen LogP contribution in [0.25, 0.3) is 11.0 Å². The summed E-state index contributed by atoms with van der Waals surface area (Å²) in [6, 6.07) is 14.8. The third kappa shape index (κ3) is 5.97. The molecule has 7 heteroatoms. The van der Waals surface area contributed by atoms with E-state index in [1.54, 1.807) is 18.2 Å². The Balaban J connectivity index is 0.000000596. The zero-order chi connectivity index (χ0) is 19.8. The van der Waals surface area contributed by atoms with Crippen LogP contribution in [0.5, 0.6) is 0 Å². The number of nitrogens with zero attached hydrogens (tertiary/aromatic N) is 2. The molecule has 0 aliphatic rings. The Morgan fingerprint density at radius 1 is 1.22 bits per heavy atom. The van der Waals surface area contributed by atoms with Gasteiger partial charge in [0.15, 0.2) is 5.16 Å². The van der Waals surface area contributed by atoms with E-state index in [1.165, 1.54) is 32.7 Å². The van der Waals surface area contributed by atoms with Crippen LogP contribution in [0.4, 0.5) is 0 Å². The molecule has 0 bridgehead atoms. The fourth-order valence-corrected chi connectivity index (χ4v) is 3.01. The zero-order valence-corrected chi connectivity index (χ0v) is 16.1. The molecule has 1 heterocycles. The van der Waals surface area contributed by atoms with Gasteiger partial charge < -0.3 is 14.5 Å². The van der Waals surface area contributed by atoms with Crippen molar-refractivity contribution in [3.63, 3.8) is 0 Å². The quantitative estimate of drug-likeness (QED) is 0.540. The van der Waals surface area contributed by atoms with Crippen molar-refractivity contribution in [2.75, 3.05) is 7.11 Å². The maximum atomic E-state index is 11.5. The van der Waals surface area contributed by atoms with Crippen LogP contribution in [-0.4, -0.2) is 28.8 Å². The molecule has 1 aromatic heterocycles. The molecule has 1 N–H and O–H groups in total. The molecular formula is C20H19N3O3S. The number of ether oxygens (including phenoxy) is 1. The minimum absolute atomic E-state index is 0.167. The number of hydrogen-bond donors (Lipinski definition) is 1. The Morgan fingerprint density at radius 2 is 1.96 bits per heavy atom. The Hall–Kier alpha value is -3.11. The number of hydrogen-bond acceptors (Lipinski definition) is 6. The van der Waals surface area contributed by atoms with Gasteiger partial charge in [-0.05, 0) is 49.7 Å². The summed E-state index contributed by atoms with van der Waals surface area (Å²) in [7, 11) is 1.37. The summed E-state index contributed by atoms with van der Waals surface area (Å²) >= 11 is 1.54. The first-order valence-electron chi connectivity index (χ1n) is 8.10. The first-order valence-corrected chi connectivity index (χ1v) is 9.08. The Labute approximate surface area is 161 Å². The molecule has 0 radical (unpaired) electrons. The van der Waals surface area contributed by atoms with Crippen molar-refractivity contribution in [1.82, 2.24) is 9.97 Å². The molecule has 3 aromatic rings. The van der Waals surface area contributed by atoms with Crippen LogP contribution in [0.1, 0.15) is 35.3 Å². The van der Waals surface area contributed by atoms with Gasteiger partial charge in [0.25, 0.3) is 0 Å². The van der Waals surface area contributed by atoms with E-state index < -0.39 is 0 Å². The minimum atomic E-state index is -0.343. The second-order valence-electron chi connectivity index (χ2n) is 5.77. The zero-order valence-electron chi connectivity index (χ0n) is 15.3. The number of methoxy groups -OCH3 is 1. The molecule has 0 saturated heterocycles. The van der Waals surface area contributed by atoms with Gasteiger partial charge >= 0.3 is 5.97 Å². The molecule has 27 heavy (non-hydrogen) atoms. The number of esters is 1. The number of Topliss-reactive ketones (excluding diaryl/α,β-unsaturated/α-hetero) is 1. The Kier molecular flexibility index (Phi) is 7.15. The van der Waals surface area contributed by atoms with Crippen molar-refractivity contribution in [2.24, 2.45) is 0 Å². The highest BCUT2D eigenvalue weighted by molar-refractivity contribution is 7.98. The molecule has 2 aromatic carbocycles. The van der Waals surface area contributed by atoms with E-state index in [4.69, 9.17) is 10.00 Å². The van der Waals surface area contributed by atoms with E-state index in [-0.39, 0.29) is 11.8 Å². The third-order valence-electron chi connectivity index (χ3n) is 3.31. The first-order chi connectivity index (χ1) is 12.9. The summed E-state index contributed by atoms with van der Waals surface area (Å²) < 4.78 is 4.73. The maximum Gasteiger partial charge on any atom is 0.337 e. The molecule has 0 saturated carbocycles. The Bertz CT molecular complexity index is 1000. The number of benzene rings is 2. The largest absolute Gasteiger partial charge is 0.465 e. The summed E-state index contributed by atoms with van der Waals surface area (Å²) in [4.78, 5) is 28.7. The van der Waals surface area contributed by atoms with Crippen LogP contribution in [-0.2, 0) is 15.3 Å². The molecule has 0 spiro atoms. The fraction of sp³-hybridized carbons (Fsp3) is 0.200. The number of nitriles is 1. The average Bonchev–Trinajstić information content (AvgIpc) is 3.07. The highest BCUT2D eigenvalue weighted by Crippen LogP contribution is 2.24. The highest BCUT2D eigenvalue weighted by Gasteiger charge is 2.08. The lowest BCUT2D eigenvalue weighted by atomic mass is 10.1. The predicted molar refractivity (Wildman–Crippen MR) is 105 cm³/mol. The summed E-state index contributed by atoms with van der Waals surface area (Å²) in [6.07, 6.45) is 0. The number of aromatic amines is 1. The lowest BCUT2D eigenvalue weighted by Crippen LogP contribution is -2.01. The number of nitrogens with one attached hydrogen (secondary N) is 1. The molecule has 3 rings (SSSR count). The molecule has 138 valence electrons. The Morgan fingerprint density at radius 3 is 2.63 bits per heavy atom. The highest BCUT2D eigenvalue weighted by atomic mass is 32.2. The van der Waals surface area contributed by atoms with Gasteiger partial charge in [0.2, 0.25) is 0 Å². The van der Waals surface area contributed by atoms with E-state index in [0.29, 0.717) is 16.9 Å². The maximum absolute atomic E-state index is 11.5. The number of rotatable bonds is 4. The molecule has 0 atom stereocenters. The molecule has 0 fully saturated rings. The van der Waals surface area contributed by atoms with Crippen molar-refractivity contribution in [2.45, 2.75) is 24.8 Å². The number of fused-ring (bicyclic) bond motifs is 1. The van der Waals surface area contributed by atoms with Gasteiger partial charge in [-0.2, -0.15) is 5.26 Å². The topological polar surface area (TPSA) is 95.8 Å². The van der Waals surface area contributed by atoms with Gasteiger partial charge in [0, 0.05) is 5.75 Å². The van der Waals surface area contributed by atoms with Crippen LogP contribution in [0.15, 0.2) is 47.6 Å². The molecular weight excluding hydrogens is 362 g/mol. The van der Waals surface area contributed by atoms with Gasteiger partial charge in [-0.1, -0.05) is 23.9 Å². The number of carbonyl (C=O) groups excluding carboxylic acids is 2. The van der Waals surface area contributed by atoms with Crippen molar-refractivity contribution < 1.29 is 14.3 Å². The van der Waals surface area contributed by atoms with Crippen molar-refractivity contribution in [3.8, 4) is 6.07 Å². The van der Waals surface area contributed by atoms with Crippen molar-refractivity contribution in [1.29, 1.82) is 5.26 Å². The summed E-state index contributed by atoms with van der Waals surface area (Å²) in [5.41, 5.74) is 3.82. The van der Waals surface area contributed by atoms with Crippen molar-refractivity contribution >= 4 is 34.5 Å². The second-order valence-corrected chi connectivity index (χ2v) is 6.74. The van der Waals surface area contributed by atoms with Gasteiger partial charge in [0.05, 0.1) is 35.3 Å². The normalized spacial score (nSPS) is 9.85. The van der Waals surface area contributed by atoms with E-state index >= 15 is 0 Å². The lowest BCUT2D eigenvalue weighted by molar-refractivity contribution is -0.115. The smallest absolute Gasteiger partial charge is 0.337 e. The summed E-state index contributed by atoms with van der Waals surface area (Å²) in [5.74, 6) is 0.500. The fourth-order valence-electron chi connectivity index (χ4n) is 2.18. The van der Waals surface area contributed by atoms with Gasteiger partial charge in [0.1, 0.15) is 5.78 Å². The third-order valence-corrected chi connectivity index (χ3v) is 4.26. The number of H-pyrrole nitrogens is 1. The number of ketones is 1. The van der Waals surface area contributed by atoms with Gasteiger partial charge in [-0.3, -0.25) is 0 Å². The van der Waals surface area contributed by atoms with Crippen LogP contribution in [0.3, 0.4) is 0 Å². The van der Waals surface area contributed by atoms with Crippen LogP contribution >= 0.6 is 11.8 Å². The average molecular weight is 381 g/mol. The van der Waals surface area contributed by atoms with Crippen LogP contribution < -0.4 is 0 Å². The van der Waals surface area contributed by atoms with Crippen molar-refractivity contribution in [3.05, 3.63) is 59.2 Å². The van der Waals surface area contributed by atoms with Gasteiger partial charge in [-0.15, -0.1) is 0 Å². The SMILES string of the molecule is CC(C)=O.COC(=O)c1cccc(CSc2nc3ccc(C#N)cc3[nH]2)c1. The first kappa shape index (κ1) is 20.2. The predicted octanol–water partition coefficient (Wildman–Crippen LogP) is 4.11. The number of aromatic nitrogens is 2. The molecule has 0 aliphatic heterocycles. The second kappa shape index (κ2) is 9.55. The summed E-state index contributed by atoms with van der Waals surface area (Å²) in [5, 5.41) is 9.70. The van der Waals surface area contributed by atoms with Crippen LogP contribution in [0, 0.1) is 11.3 Å². The van der Waals surface area contributed by atoms with E-state index in [1.807, 2.05) is 24.3 Å². The standard InChI is InChI=1S/C17H13N3O2S.C3H6O/c1-22-16(21)13-4-2-3-12(7-13)10-23-17-19-14-6-5-11(9-18)8-15(14)20-17;1-3(2)4/h2-8H,10H2,1H3,(H,19,20);1-2H3. The monoisotopic (exact) mass is 381 g/mol. The van der Waals surface area contributed by atoms with Gasteiger partial charge in [-0.25, -0.2) is 9.78 Å². The number of imidazole rings is 1. The molecule has 0 unspecified atom stereocenters. The molecule has 0 aliphatic carbocycles. The number of thioether (sulfide) groups is 1. The molecule has 0 amide bonds. The van der Waals surface area contributed by atoms with E-state index in [2.05, 4.69) is 16.0 Å². The van der Waals surface area contributed by atoms with Crippen LogP contribution in [0.2, 0.25) is 0 Å². The number of carbonyl (C=O) groups is 2. The lowest BCUT2D eigenvalue weighted by Gasteiger charge is -2.02. The van der Waals surface area contributed by atoms with E-state index in [0.717, 1.165) is 21.8 Å². The minimum Gasteiger partial charge on any atom is -0.465 e. The molecule has 6 nitrogen and oxygen atoms in total.